The van der Waals surface area contributed by atoms with Gasteiger partial charge in [-0.3, -0.25) is 0 Å². The van der Waals surface area contributed by atoms with E-state index in [1.54, 1.807) is 11.0 Å². The molecule has 0 saturated heterocycles. The number of para-hydroxylation sites is 1. The molecule has 0 aliphatic carbocycles. The molecule has 94 valence electrons. The maximum absolute atomic E-state index is 4.39. The van der Waals surface area contributed by atoms with Gasteiger partial charge in [-0.1, -0.05) is 38.1 Å². The highest BCUT2D eigenvalue weighted by molar-refractivity contribution is 5.43. The Morgan fingerprint density at radius 2 is 2.06 bits per heavy atom. The van der Waals surface area contributed by atoms with Crippen molar-refractivity contribution in [2.45, 2.75) is 19.9 Å². The van der Waals surface area contributed by atoms with Crippen LogP contribution in [0.3, 0.4) is 0 Å². The van der Waals surface area contributed by atoms with E-state index in [1.807, 2.05) is 36.4 Å². The second-order valence-corrected chi connectivity index (χ2v) is 4.36. The Hall–Kier alpha value is -1.94. The Labute approximate surface area is 107 Å². The zero-order valence-corrected chi connectivity index (χ0v) is 10.7. The highest BCUT2D eigenvalue weighted by atomic mass is 15.5. The molecule has 0 unspecified atom stereocenters. The molecule has 2 aromatic rings. The first-order chi connectivity index (χ1) is 8.75. The molecule has 4 heteroatoms. The highest BCUT2D eigenvalue weighted by Crippen LogP contribution is 2.04. The van der Waals surface area contributed by atoms with Crippen molar-refractivity contribution < 1.29 is 0 Å². The van der Waals surface area contributed by atoms with Crippen molar-refractivity contribution >= 4 is 6.08 Å². The molecule has 0 amide bonds. The predicted octanol–water partition coefficient (Wildman–Crippen LogP) is 2.28. The van der Waals surface area contributed by atoms with Crippen LogP contribution in [-0.2, 0) is 0 Å². The average Bonchev–Trinajstić information content (AvgIpc) is 2.84. The van der Waals surface area contributed by atoms with Gasteiger partial charge >= 0.3 is 0 Å². The summed E-state index contributed by atoms with van der Waals surface area (Å²) in [5, 5.41) is 11.9. The van der Waals surface area contributed by atoms with Gasteiger partial charge in [-0.15, -0.1) is 5.10 Å². The first kappa shape index (κ1) is 12.5. The fourth-order valence-corrected chi connectivity index (χ4v) is 1.52. The van der Waals surface area contributed by atoms with Gasteiger partial charge in [-0.05, 0) is 18.2 Å². The normalized spacial score (nSPS) is 11.5. The number of hydrogen-bond acceptors (Lipinski definition) is 3. The average molecular weight is 242 g/mol. The standard InChI is InChI=1S/C14H18N4/c1-12(2)15-10-6-7-13-11-16-18(17-13)14-8-4-3-5-9-14/h3-9,11-12,15H,10H2,1-2H3. The highest BCUT2D eigenvalue weighted by Gasteiger charge is 1.98. The Morgan fingerprint density at radius 1 is 1.28 bits per heavy atom. The molecule has 0 aliphatic heterocycles. The van der Waals surface area contributed by atoms with Crippen molar-refractivity contribution in [2.75, 3.05) is 6.54 Å². The van der Waals surface area contributed by atoms with Crippen molar-refractivity contribution in [1.29, 1.82) is 0 Å². The fourth-order valence-electron chi connectivity index (χ4n) is 1.52. The molecule has 0 bridgehead atoms. The molecule has 4 nitrogen and oxygen atoms in total. The maximum Gasteiger partial charge on any atom is 0.106 e. The molecule has 1 N–H and O–H groups in total. The minimum Gasteiger partial charge on any atom is -0.311 e. The molecular formula is C14H18N4. The van der Waals surface area contributed by atoms with Gasteiger partial charge in [0.05, 0.1) is 11.9 Å². The lowest BCUT2D eigenvalue weighted by molar-refractivity contribution is 0.633. The lowest BCUT2D eigenvalue weighted by Crippen LogP contribution is -2.22. The molecule has 18 heavy (non-hydrogen) atoms. The summed E-state index contributed by atoms with van der Waals surface area (Å²) < 4.78 is 0. The summed E-state index contributed by atoms with van der Waals surface area (Å²) in [6, 6.07) is 10.4. The minimum absolute atomic E-state index is 0.495. The van der Waals surface area contributed by atoms with Crippen LogP contribution in [0.25, 0.3) is 11.8 Å². The third-order valence-electron chi connectivity index (χ3n) is 2.43. The van der Waals surface area contributed by atoms with Crippen LogP contribution in [0.15, 0.2) is 42.6 Å². The van der Waals surface area contributed by atoms with Gasteiger partial charge in [0.15, 0.2) is 0 Å². The molecular weight excluding hydrogens is 224 g/mol. The van der Waals surface area contributed by atoms with Gasteiger partial charge in [0, 0.05) is 12.6 Å². The summed E-state index contributed by atoms with van der Waals surface area (Å²) >= 11 is 0. The zero-order valence-electron chi connectivity index (χ0n) is 10.7. The molecule has 0 saturated carbocycles. The van der Waals surface area contributed by atoms with Crippen LogP contribution in [0, 0.1) is 0 Å². The number of benzene rings is 1. The third-order valence-corrected chi connectivity index (χ3v) is 2.43. The molecule has 0 atom stereocenters. The first-order valence-electron chi connectivity index (χ1n) is 6.13. The largest absolute Gasteiger partial charge is 0.311 e. The molecule has 1 heterocycles. The van der Waals surface area contributed by atoms with Crippen LogP contribution < -0.4 is 5.32 Å². The van der Waals surface area contributed by atoms with Gasteiger partial charge in [-0.2, -0.15) is 9.90 Å². The number of nitrogens with one attached hydrogen (secondary N) is 1. The van der Waals surface area contributed by atoms with E-state index in [0.717, 1.165) is 17.9 Å². The van der Waals surface area contributed by atoms with Crippen LogP contribution in [-0.4, -0.2) is 27.6 Å². The molecule has 0 spiro atoms. The van der Waals surface area contributed by atoms with E-state index in [4.69, 9.17) is 0 Å². The molecule has 0 fully saturated rings. The summed E-state index contributed by atoms with van der Waals surface area (Å²) in [4.78, 5) is 1.63. The lowest BCUT2D eigenvalue weighted by Gasteiger charge is -2.02. The van der Waals surface area contributed by atoms with Gasteiger partial charge < -0.3 is 5.32 Å². The monoisotopic (exact) mass is 242 g/mol. The van der Waals surface area contributed by atoms with Crippen LogP contribution in [0.4, 0.5) is 0 Å². The summed E-state index contributed by atoms with van der Waals surface area (Å²) in [5.41, 5.74) is 1.84. The topological polar surface area (TPSA) is 42.7 Å². The number of rotatable bonds is 5. The Balaban J connectivity index is 1.98. The van der Waals surface area contributed by atoms with E-state index in [0.29, 0.717) is 6.04 Å². The van der Waals surface area contributed by atoms with E-state index < -0.39 is 0 Å². The van der Waals surface area contributed by atoms with Crippen molar-refractivity contribution in [3.8, 4) is 5.69 Å². The van der Waals surface area contributed by atoms with E-state index in [9.17, 15) is 0 Å². The van der Waals surface area contributed by atoms with E-state index in [2.05, 4.69) is 35.4 Å². The predicted molar refractivity (Wildman–Crippen MR) is 73.5 cm³/mol. The fraction of sp³-hybridized carbons (Fsp3) is 0.286. The molecule has 1 aromatic heterocycles. The zero-order chi connectivity index (χ0) is 12.8. The SMILES string of the molecule is CC(C)NCC=Cc1cnn(-c2ccccc2)n1. The Kier molecular flexibility index (Phi) is 4.25. The van der Waals surface area contributed by atoms with Crippen molar-refractivity contribution in [2.24, 2.45) is 0 Å². The van der Waals surface area contributed by atoms with Crippen molar-refractivity contribution in [1.82, 2.24) is 20.3 Å². The third kappa shape index (κ3) is 3.53. The quantitative estimate of drug-likeness (QED) is 0.874. The molecule has 0 radical (unpaired) electrons. The molecule has 2 rings (SSSR count). The van der Waals surface area contributed by atoms with Crippen LogP contribution in [0.5, 0.6) is 0 Å². The van der Waals surface area contributed by atoms with Gasteiger partial charge in [0.2, 0.25) is 0 Å². The van der Waals surface area contributed by atoms with Crippen molar-refractivity contribution in [3.05, 3.63) is 48.3 Å². The molecule has 0 aliphatic rings. The Morgan fingerprint density at radius 3 is 2.78 bits per heavy atom. The van der Waals surface area contributed by atoms with Crippen LogP contribution >= 0.6 is 0 Å². The second kappa shape index (κ2) is 6.12. The smallest absolute Gasteiger partial charge is 0.106 e. The van der Waals surface area contributed by atoms with Crippen molar-refractivity contribution in [3.63, 3.8) is 0 Å². The first-order valence-corrected chi connectivity index (χ1v) is 6.13. The summed E-state index contributed by atoms with van der Waals surface area (Å²) in [7, 11) is 0. The maximum atomic E-state index is 4.39. The van der Waals surface area contributed by atoms with E-state index in [1.165, 1.54) is 0 Å². The number of nitrogens with zero attached hydrogens (tertiary/aromatic N) is 3. The van der Waals surface area contributed by atoms with Gasteiger partial charge in [-0.25, -0.2) is 0 Å². The molecule has 1 aromatic carbocycles. The number of hydrogen-bond donors (Lipinski definition) is 1. The van der Waals surface area contributed by atoms with Gasteiger partial charge in [0.1, 0.15) is 5.69 Å². The minimum atomic E-state index is 0.495. The second-order valence-electron chi connectivity index (χ2n) is 4.36. The summed E-state index contributed by atoms with van der Waals surface area (Å²) in [6.07, 6.45) is 5.79. The van der Waals surface area contributed by atoms with E-state index in [-0.39, 0.29) is 0 Å². The van der Waals surface area contributed by atoms with Gasteiger partial charge in [0.25, 0.3) is 0 Å². The van der Waals surface area contributed by atoms with Crippen LogP contribution in [0.1, 0.15) is 19.5 Å². The Bertz CT molecular complexity index is 500. The lowest BCUT2D eigenvalue weighted by atomic mass is 10.3. The summed E-state index contributed by atoms with van der Waals surface area (Å²) in [6.45, 7) is 5.09. The van der Waals surface area contributed by atoms with E-state index >= 15 is 0 Å². The summed E-state index contributed by atoms with van der Waals surface area (Å²) in [5.74, 6) is 0. The number of aromatic nitrogens is 3. The van der Waals surface area contributed by atoms with Crippen LogP contribution in [0.2, 0.25) is 0 Å².